The molecule has 1 aromatic heterocycles. The van der Waals surface area contributed by atoms with Gasteiger partial charge >= 0.3 is 0 Å². The first-order chi connectivity index (χ1) is 20.9. The highest BCUT2D eigenvalue weighted by Gasteiger charge is 2.21. The zero-order valence-electron chi connectivity index (χ0n) is 24.3. The first kappa shape index (κ1) is 29.6. The fraction of sp³-hybridized carbons (Fsp3) is 0.176. The van der Waals surface area contributed by atoms with Gasteiger partial charge in [-0.1, -0.05) is 59.8 Å². The summed E-state index contributed by atoms with van der Waals surface area (Å²) >= 11 is 1.35. The number of nitrogens with one attached hydrogen (secondary N) is 2. The van der Waals surface area contributed by atoms with Crippen molar-refractivity contribution in [3.63, 3.8) is 0 Å². The van der Waals surface area contributed by atoms with E-state index in [-0.39, 0.29) is 11.8 Å². The van der Waals surface area contributed by atoms with Gasteiger partial charge < -0.3 is 15.4 Å². The van der Waals surface area contributed by atoms with Crippen molar-refractivity contribution in [1.82, 2.24) is 14.8 Å². The molecule has 2 amide bonds. The molecule has 0 aliphatic rings. The van der Waals surface area contributed by atoms with E-state index in [4.69, 9.17) is 4.74 Å². The molecule has 8 nitrogen and oxygen atoms in total. The van der Waals surface area contributed by atoms with Crippen molar-refractivity contribution >= 4 is 35.0 Å². The zero-order chi connectivity index (χ0) is 30.2. The van der Waals surface area contributed by atoms with Crippen LogP contribution in [0.25, 0.3) is 11.4 Å². The molecule has 2 N–H and O–H groups in total. The Balaban J connectivity index is 1.33. The standard InChI is InChI=1S/C34H33N5O3S/c1-4-42-30-19-17-29(18-20-30)35-32(40)24(3)43-34-38-37-31(39(34)22-25-10-6-5-7-11-25)26-13-15-28(16-14-26)36-33(41)27-12-8-9-23(2)21-27/h5-21,24H,4,22H2,1-3H3,(H,35,40)(H,36,41). The Morgan fingerprint density at radius 3 is 2.26 bits per heavy atom. The Kier molecular flexibility index (Phi) is 9.53. The first-order valence-corrected chi connectivity index (χ1v) is 14.9. The van der Waals surface area contributed by atoms with Crippen molar-refractivity contribution in [1.29, 1.82) is 0 Å². The van der Waals surface area contributed by atoms with Crippen molar-refractivity contribution in [3.8, 4) is 17.1 Å². The van der Waals surface area contributed by atoms with Gasteiger partial charge in [-0.05, 0) is 87.0 Å². The number of carbonyl (C=O) groups is 2. The molecule has 43 heavy (non-hydrogen) atoms. The summed E-state index contributed by atoms with van der Waals surface area (Å²) in [5.74, 6) is 1.12. The van der Waals surface area contributed by atoms with Gasteiger partial charge in [0.1, 0.15) is 5.75 Å². The Morgan fingerprint density at radius 1 is 0.860 bits per heavy atom. The fourth-order valence-electron chi connectivity index (χ4n) is 4.45. The quantitative estimate of drug-likeness (QED) is 0.159. The molecule has 0 radical (unpaired) electrons. The molecule has 0 bridgehead atoms. The predicted molar refractivity (Wildman–Crippen MR) is 172 cm³/mol. The van der Waals surface area contributed by atoms with Crippen LogP contribution in [0.4, 0.5) is 11.4 Å². The molecule has 9 heteroatoms. The molecule has 218 valence electrons. The van der Waals surface area contributed by atoms with E-state index in [9.17, 15) is 9.59 Å². The minimum absolute atomic E-state index is 0.140. The number of thioether (sulfide) groups is 1. The summed E-state index contributed by atoms with van der Waals surface area (Å²) in [7, 11) is 0. The fourth-order valence-corrected chi connectivity index (χ4v) is 5.30. The topological polar surface area (TPSA) is 98.1 Å². The van der Waals surface area contributed by atoms with Crippen LogP contribution in [0.5, 0.6) is 5.75 Å². The van der Waals surface area contributed by atoms with Crippen molar-refractivity contribution in [3.05, 3.63) is 120 Å². The largest absolute Gasteiger partial charge is 0.494 e. The monoisotopic (exact) mass is 591 g/mol. The SMILES string of the molecule is CCOc1ccc(NC(=O)C(C)Sc2nnc(-c3ccc(NC(=O)c4cccc(C)c4)cc3)n2Cc2ccccc2)cc1. The molecule has 0 aliphatic heterocycles. The third-order valence-electron chi connectivity index (χ3n) is 6.67. The minimum atomic E-state index is -0.433. The molecule has 0 aliphatic carbocycles. The molecule has 5 aromatic rings. The number of ether oxygens (including phenoxy) is 1. The van der Waals surface area contributed by atoms with Gasteiger partial charge in [-0.3, -0.25) is 14.2 Å². The number of benzene rings is 4. The van der Waals surface area contributed by atoms with Crippen LogP contribution in [0.2, 0.25) is 0 Å². The Hall–Kier alpha value is -4.89. The molecule has 0 fully saturated rings. The van der Waals surface area contributed by atoms with Gasteiger partial charge in [0, 0.05) is 22.5 Å². The van der Waals surface area contributed by atoms with Crippen molar-refractivity contribution in [2.45, 2.75) is 37.7 Å². The van der Waals surface area contributed by atoms with Crippen LogP contribution in [-0.2, 0) is 11.3 Å². The third kappa shape index (κ3) is 7.69. The predicted octanol–water partition coefficient (Wildman–Crippen LogP) is 7.07. The summed E-state index contributed by atoms with van der Waals surface area (Å²) in [6.07, 6.45) is 0. The number of rotatable bonds is 11. The smallest absolute Gasteiger partial charge is 0.255 e. The molecule has 0 spiro atoms. The Labute approximate surface area is 255 Å². The molecule has 1 heterocycles. The second-order valence-corrected chi connectivity index (χ2v) is 11.3. The van der Waals surface area contributed by atoms with Gasteiger partial charge in [-0.15, -0.1) is 10.2 Å². The van der Waals surface area contributed by atoms with Crippen LogP contribution < -0.4 is 15.4 Å². The van der Waals surface area contributed by atoms with Gasteiger partial charge in [-0.2, -0.15) is 0 Å². The van der Waals surface area contributed by atoms with E-state index in [1.165, 1.54) is 11.8 Å². The second kappa shape index (κ2) is 13.8. The van der Waals surface area contributed by atoms with Crippen molar-refractivity contribution in [2.75, 3.05) is 17.2 Å². The van der Waals surface area contributed by atoms with Crippen LogP contribution in [0.3, 0.4) is 0 Å². The molecule has 1 atom stereocenters. The van der Waals surface area contributed by atoms with Crippen LogP contribution in [0.15, 0.2) is 108 Å². The highest BCUT2D eigenvalue weighted by atomic mass is 32.2. The third-order valence-corrected chi connectivity index (χ3v) is 7.75. The summed E-state index contributed by atoms with van der Waals surface area (Å²) in [5.41, 5.74) is 4.93. The van der Waals surface area contributed by atoms with Gasteiger partial charge in [-0.25, -0.2) is 0 Å². The van der Waals surface area contributed by atoms with E-state index in [0.29, 0.717) is 41.1 Å². The molecular formula is C34H33N5O3S. The van der Waals surface area contributed by atoms with E-state index >= 15 is 0 Å². The van der Waals surface area contributed by atoms with Crippen molar-refractivity contribution in [2.24, 2.45) is 0 Å². The van der Waals surface area contributed by atoms with Gasteiger partial charge in [0.05, 0.1) is 18.4 Å². The van der Waals surface area contributed by atoms with E-state index < -0.39 is 5.25 Å². The molecule has 4 aromatic carbocycles. The number of amides is 2. The maximum Gasteiger partial charge on any atom is 0.255 e. The summed E-state index contributed by atoms with van der Waals surface area (Å²) in [6.45, 7) is 6.85. The summed E-state index contributed by atoms with van der Waals surface area (Å²) in [4.78, 5) is 25.8. The lowest BCUT2D eigenvalue weighted by Crippen LogP contribution is -2.23. The number of hydrogen-bond acceptors (Lipinski definition) is 6. The summed E-state index contributed by atoms with van der Waals surface area (Å²) in [6, 6.07) is 32.4. The van der Waals surface area contributed by atoms with Crippen LogP contribution in [-0.4, -0.2) is 38.4 Å². The van der Waals surface area contributed by atoms with Crippen LogP contribution in [0, 0.1) is 6.92 Å². The second-order valence-electron chi connectivity index (χ2n) is 9.99. The number of nitrogens with zero attached hydrogens (tertiary/aromatic N) is 3. The lowest BCUT2D eigenvalue weighted by molar-refractivity contribution is -0.115. The Morgan fingerprint density at radius 2 is 1.56 bits per heavy atom. The number of anilines is 2. The molecular weight excluding hydrogens is 558 g/mol. The van der Waals surface area contributed by atoms with Crippen molar-refractivity contribution < 1.29 is 14.3 Å². The first-order valence-electron chi connectivity index (χ1n) is 14.1. The number of hydrogen-bond donors (Lipinski definition) is 2. The van der Waals surface area contributed by atoms with E-state index in [2.05, 4.69) is 20.8 Å². The van der Waals surface area contributed by atoms with Gasteiger partial charge in [0.25, 0.3) is 5.91 Å². The van der Waals surface area contributed by atoms with Crippen LogP contribution in [0.1, 0.15) is 35.3 Å². The maximum atomic E-state index is 13.1. The summed E-state index contributed by atoms with van der Waals surface area (Å²) < 4.78 is 7.50. The lowest BCUT2D eigenvalue weighted by Gasteiger charge is -2.14. The molecule has 1 unspecified atom stereocenters. The number of aromatic nitrogens is 3. The Bertz CT molecular complexity index is 1690. The highest BCUT2D eigenvalue weighted by molar-refractivity contribution is 8.00. The van der Waals surface area contributed by atoms with Gasteiger partial charge in [0.15, 0.2) is 11.0 Å². The van der Waals surface area contributed by atoms with E-state index in [1.807, 2.05) is 122 Å². The average molecular weight is 592 g/mol. The summed E-state index contributed by atoms with van der Waals surface area (Å²) in [5, 5.41) is 15.1. The molecule has 0 saturated carbocycles. The average Bonchev–Trinajstić information content (AvgIpc) is 3.40. The van der Waals surface area contributed by atoms with Gasteiger partial charge in [0.2, 0.25) is 5.91 Å². The number of aryl methyl sites for hydroxylation is 1. The maximum absolute atomic E-state index is 13.1. The number of carbonyl (C=O) groups excluding carboxylic acids is 2. The van der Waals surface area contributed by atoms with E-state index in [0.717, 1.165) is 22.4 Å². The lowest BCUT2D eigenvalue weighted by atomic mass is 10.1. The normalized spacial score (nSPS) is 11.5. The minimum Gasteiger partial charge on any atom is -0.494 e. The van der Waals surface area contributed by atoms with E-state index in [1.54, 1.807) is 6.07 Å². The molecule has 0 saturated heterocycles. The van der Waals surface area contributed by atoms with Crippen LogP contribution >= 0.6 is 11.8 Å². The molecule has 5 rings (SSSR count). The highest BCUT2D eigenvalue weighted by Crippen LogP contribution is 2.29. The zero-order valence-corrected chi connectivity index (χ0v) is 25.1.